The van der Waals surface area contributed by atoms with E-state index in [1.165, 1.54) is 11.1 Å². The van der Waals surface area contributed by atoms with Gasteiger partial charge in [-0.3, -0.25) is 9.78 Å². The number of aromatic nitrogens is 4. The zero-order valence-corrected chi connectivity index (χ0v) is 19.2. The monoisotopic (exact) mass is 447 g/mol. The number of carbonyl (C=O) groups is 1. The zero-order valence-electron chi connectivity index (χ0n) is 19.2. The van der Waals surface area contributed by atoms with Crippen LogP contribution in [0.4, 0.5) is 5.69 Å². The highest BCUT2D eigenvalue weighted by Gasteiger charge is 2.30. The molecule has 5 heterocycles. The molecule has 0 aromatic carbocycles. The molecule has 3 aromatic heterocycles. The minimum Gasteiger partial charge on any atom is -0.481 e. The Kier molecular flexibility index (Phi) is 5.72. The molecule has 2 aliphatic rings. The van der Waals surface area contributed by atoms with Gasteiger partial charge in [-0.2, -0.15) is 0 Å². The number of methoxy groups -OCH3 is 1. The van der Waals surface area contributed by atoms with Gasteiger partial charge in [0.15, 0.2) is 0 Å². The van der Waals surface area contributed by atoms with Gasteiger partial charge in [0.2, 0.25) is 5.88 Å². The van der Waals surface area contributed by atoms with Gasteiger partial charge in [0.1, 0.15) is 5.69 Å². The van der Waals surface area contributed by atoms with Gasteiger partial charge in [0.25, 0.3) is 5.91 Å². The SMILES string of the molecule is COc1ncc(C2Cc3c(cncc3N[C@H]3CCN(C(=O)c4cn(C)cn4)C3)CN2)cc1C. The quantitative estimate of drug-likeness (QED) is 0.619. The fraction of sp³-hybridized carbons (Fsp3) is 0.417. The molecule has 3 aromatic rings. The zero-order chi connectivity index (χ0) is 22.9. The van der Waals surface area contributed by atoms with Gasteiger partial charge in [0.05, 0.1) is 25.3 Å². The van der Waals surface area contributed by atoms with Crippen LogP contribution >= 0.6 is 0 Å². The summed E-state index contributed by atoms with van der Waals surface area (Å²) in [4.78, 5) is 27.7. The van der Waals surface area contributed by atoms with Gasteiger partial charge in [-0.05, 0) is 42.5 Å². The summed E-state index contributed by atoms with van der Waals surface area (Å²) in [5, 5.41) is 7.28. The van der Waals surface area contributed by atoms with Gasteiger partial charge in [0, 0.05) is 62.9 Å². The number of rotatable bonds is 5. The van der Waals surface area contributed by atoms with Crippen LogP contribution in [-0.2, 0) is 20.0 Å². The molecule has 0 bridgehead atoms. The lowest BCUT2D eigenvalue weighted by Crippen LogP contribution is -2.33. The van der Waals surface area contributed by atoms with E-state index in [-0.39, 0.29) is 18.0 Å². The summed E-state index contributed by atoms with van der Waals surface area (Å²) < 4.78 is 7.11. The minimum atomic E-state index is -0.0141. The van der Waals surface area contributed by atoms with E-state index in [1.807, 2.05) is 37.5 Å². The number of pyridine rings is 2. The molecule has 172 valence electrons. The van der Waals surface area contributed by atoms with Crippen molar-refractivity contribution < 1.29 is 9.53 Å². The first kappa shape index (κ1) is 21.4. The number of hydrogen-bond donors (Lipinski definition) is 2. The van der Waals surface area contributed by atoms with Crippen LogP contribution in [0.15, 0.2) is 37.2 Å². The van der Waals surface area contributed by atoms with Gasteiger partial charge in [-0.1, -0.05) is 0 Å². The highest BCUT2D eigenvalue weighted by Crippen LogP contribution is 2.32. The van der Waals surface area contributed by atoms with E-state index < -0.39 is 0 Å². The first-order chi connectivity index (χ1) is 16.0. The van der Waals surface area contributed by atoms with Crippen molar-refractivity contribution in [2.45, 2.75) is 38.4 Å². The molecule has 0 saturated carbocycles. The van der Waals surface area contributed by atoms with Crippen LogP contribution in [0.3, 0.4) is 0 Å². The lowest BCUT2D eigenvalue weighted by atomic mass is 9.92. The maximum Gasteiger partial charge on any atom is 0.274 e. The van der Waals surface area contributed by atoms with Crippen molar-refractivity contribution in [1.29, 1.82) is 0 Å². The number of anilines is 1. The molecule has 0 spiro atoms. The number of imidazole rings is 1. The maximum atomic E-state index is 12.8. The summed E-state index contributed by atoms with van der Waals surface area (Å²) >= 11 is 0. The molecular formula is C24H29N7O2. The third kappa shape index (κ3) is 4.28. The molecule has 1 unspecified atom stereocenters. The number of ether oxygens (including phenoxy) is 1. The molecular weight excluding hydrogens is 418 g/mol. The van der Waals surface area contributed by atoms with E-state index in [0.29, 0.717) is 18.1 Å². The summed E-state index contributed by atoms with van der Waals surface area (Å²) in [7, 11) is 3.51. The van der Waals surface area contributed by atoms with Crippen molar-refractivity contribution in [2.75, 3.05) is 25.5 Å². The largest absolute Gasteiger partial charge is 0.481 e. The second-order valence-electron chi connectivity index (χ2n) is 8.86. The van der Waals surface area contributed by atoms with E-state index >= 15 is 0 Å². The third-order valence-corrected chi connectivity index (χ3v) is 6.50. The number of nitrogens with one attached hydrogen (secondary N) is 2. The number of aryl methyl sites for hydroxylation is 2. The summed E-state index contributed by atoms with van der Waals surface area (Å²) in [6, 6.07) is 2.49. The summed E-state index contributed by atoms with van der Waals surface area (Å²) in [5.74, 6) is 0.646. The molecule has 1 amide bonds. The molecule has 2 aliphatic heterocycles. The Labute approximate surface area is 193 Å². The van der Waals surface area contributed by atoms with Crippen molar-refractivity contribution in [1.82, 2.24) is 29.7 Å². The van der Waals surface area contributed by atoms with E-state index in [2.05, 4.69) is 31.7 Å². The number of fused-ring (bicyclic) bond motifs is 1. The molecule has 0 radical (unpaired) electrons. The minimum absolute atomic E-state index is 0.0141. The average molecular weight is 448 g/mol. The van der Waals surface area contributed by atoms with Gasteiger partial charge in [-0.15, -0.1) is 0 Å². The molecule has 9 nitrogen and oxygen atoms in total. The molecule has 1 saturated heterocycles. The van der Waals surface area contributed by atoms with E-state index in [9.17, 15) is 4.79 Å². The lowest BCUT2D eigenvalue weighted by Gasteiger charge is -2.29. The molecule has 2 atom stereocenters. The Morgan fingerprint density at radius 2 is 2.15 bits per heavy atom. The van der Waals surface area contributed by atoms with E-state index in [1.54, 1.807) is 24.2 Å². The first-order valence-electron chi connectivity index (χ1n) is 11.2. The fourth-order valence-corrected chi connectivity index (χ4v) is 4.75. The van der Waals surface area contributed by atoms with Gasteiger partial charge >= 0.3 is 0 Å². The van der Waals surface area contributed by atoms with Crippen molar-refractivity contribution in [3.63, 3.8) is 0 Å². The van der Waals surface area contributed by atoms with Crippen molar-refractivity contribution in [3.05, 3.63) is 65.1 Å². The predicted molar refractivity (Wildman–Crippen MR) is 124 cm³/mol. The number of hydrogen-bond acceptors (Lipinski definition) is 7. The van der Waals surface area contributed by atoms with Crippen LogP contribution < -0.4 is 15.4 Å². The van der Waals surface area contributed by atoms with Crippen molar-refractivity contribution in [2.24, 2.45) is 7.05 Å². The summed E-state index contributed by atoms with van der Waals surface area (Å²) in [5.41, 5.74) is 6.20. The Morgan fingerprint density at radius 1 is 1.27 bits per heavy atom. The second kappa shape index (κ2) is 8.82. The molecule has 5 rings (SSSR count). The molecule has 9 heteroatoms. The number of nitrogens with zero attached hydrogens (tertiary/aromatic N) is 5. The number of carbonyl (C=O) groups excluding carboxylic acids is 1. The first-order valence-corrected chi connectivity index (χ1v) is 11.2. The second-order valence-corrected chi connectivity index (χ2v) is 8.86. The van der Waals surface area contributed by atoms with E-state index in [4.69, 9.17) is 4.74 Å². The maximum absolute atomic E-state index is 12.8. The van der Waals surface area contributed by atoms with Crippen LogP contribution in [-0.4, -0.2) is 56.6 Å². The van der Waals surface area contributed by atoms with E-state index in [0.717, 1.165) is 42.7 Å². The van der Waals surface area contributed by atoms with Crippen LogP contribution in [0.25, 0.3) is 0 Å². The Morgan fingerprint density at radius 3 is 2.91 bits per heavy atom. The predicted octanol–water partition coefficient (Wildman–Crippen LogP) is 2.24. The Bertz CT molecular complexity index is 1180. The Hall–Kier alpha value is -3.46. The Balaban J connectivity index is 1.29. The smallest absolute Gasteiger partial charge is 0.274 e. The van der Waals surface area contributed by atoms with Gasteiger partial charge < -0.3 is 24.8 Å². The topological polar surface area (TPSA) is 97.2 Å². The van der Waals surface area contributed by atoms with Crippen LogP contribution in [0.5, 0.6) is 5.88 Å². The van der Waals surface area contributed by atoms with Crippen molar-refractivity contribution >= 4 is 11.6 Å². The highest BCUT2D eigenvalue weighted by molar-refractivity contribution is 5.92. The number of amides is 1. The molecule has 33 heavy (non-hydrogen) atoms. The lowest BCUT2D eigenvalue weighted by molar-refractivity contribution is 0.0786. The summed E-state index contributed by atoms with van der Waals surface area (Å²) in [6.07, 6.45) is 10.9. The van der Waals surface area contributed by atoms with Crippen molar-refractivity contribution in [3.8, 4) is 5.88 Å². The highest BCUT2D eigenvalue weighted by atomic mass is 16.5. The normalized spacial score (nSPS) is 19.9. The fourth-order valence-electron chi connectivity index (χ4n) is 4.75. The summed E-state index contributed by atoms with van der Waals surface area (Å²) in [6.45, 7) is 4.14. The average Bonchev–Trinajstić information content (AvgIpc) is 3.48. The van der Waals surface area contributed by atoms with Crippen LogP contribution in [0.1, 0.15) is 45.2 Å². The standard InChI is InChI=1S/C24H29N7O2/c1-15-6-16(9-27-23(15)33-3)20-7-19-17(10-26-20)8-25-11-21(19)29-18-4-5-31(12-18)24(32)22-13-30(2)14-28-22/h6,8-9,11,13-14,18,20,26,29H,4-5,7,10,12H2,1-3H3/t18-,20?/m0/s1. The van der Waals surface area contributed by atoms with Gasteiger partial charge in [-0.25, -0.2) is 9.97 Å². The van der Waals surface area contributed by atoms with Crippen LogP contribution in [0.2, 0.25) is 0 Å². The van der Waals surface area contributed by atoms with Crippen LogP contribution in [0, 0.1) is 6.92 Å². The molecule has 2 N–H and O–H groups in total. The molecule has 0 aliphatic carbocycles. The molecule has 1 fully saturated rings. The third-order valence-electron chi connectivity index (χ3n) is 6.50. The number of likely N-dealkylation sites (tertiary alicyclic amines) is 1.